The number of nitrogens with zero attached hydrogens (tertiary/aromatic N) is 3. The van der Waals surface area contributed by atoms with Crippen molar-refractivity contribution in [3.05, 3.63) is 76.6 Å². The zero-order chi connectivity index (χ0) is 23.5. The fraction of sp³-hybridized carbons (Fsp3) is 0.296. The number of nitrogens with one attached hydrogen (secondary N) is 1. The van der Waals surface area contributed by atoms with Crippen LogP contribution in [0, 0.1) is 27.7 Å². The van der Waals surface area contributed by atoms with Crippen LogP contribution in [0.2, 0.25) is 0 Å². The predicted molar refractivity (Wildman–Crippen MR) is 132 cm³/mol. The maximum Gasteiger partial charge on any atom is 0.224 e. The second-order valence-electron chi connectivity index (χ2n) is 8.31. The summed E-state index contributed by atoms with van der Waals surface area (Å²) in [5.74, 6) is 0.635. The van der Waals surface area contributed by atoms with E-state index in [2.05, 4.69) is 43.4 Å². The van der Waals surface area contributed by atoms with Gasteiger partial charge in [-0.3, -0.25) is 4.79 Å². The second kappa shape index (κ2) is 9.45. The molecule has 6 heteroatoms. The average molecular weight is 443 g/mol. The van der Waals surface area contributed by atoms with E-state index in [1.165, 1.54) is 5.56 Å². The standard InChI is InChI=1S/C27H30N4O2/c1-6-33-24-10-8-7-9-23(24)29-25(32)16-15-22-18(3)26-20(5)30-31(27(26)28-19(22)4)21-13-11-17(2)12-14-21/h7-14H,6,15-16H2,1-5H3,(H,29,32). The summed E-state index contributed by atoms with van der Waals surface area (Å²) in [6, 6.07) is 15.8. The number of ether oxygens (including phenoxy) is 1. The Balaban J connectivity index is 1.58. The maximum absolute atomic E-state index is 12.7. The SMILES string of the molecule is CCOc1ccccc1NC(=O)CCc1c(C)nc2c(c(C)nn2-c2ccc(C)cc2)c1C. The Morgan fingerprint density at radius 3 is 2.45 bits per heavy atom. The summed E-state index contributed by atoms with van der Waals surface area (Å²) in [5.41, 5.74) is 7.84. The molecule has 0 unspecified atom stereocenters. The number of rotatable bonds is 7. The van der Waals surface area contributed by atoms with E-state index in [1.807, 2.05) is 49.7 Å². The molecular weight excluding hydrogens is 412 g/mol. The molecule has 0 aliphatic carbocycles. The van der Waals surface area contributed by atoms with E-state index in [4.69, 9.17) is 14.8 Å². The fourth-order valence-corrected chi connectivity index (χ4v) is 4.24. The van der Waals surface area contributed by atoms with Crippen molar-refractivity contribution in [2.75, 3.05) is 11.9 Å². The first kappa shape index (κ1) is 22.5. The lowest BCUT2D eigenvalue weighted by molar-refractivity contribution is -0.116. The first-order valence-electron chi connectivity index (χ1n) is 11.3. The van der Waals surface area contributed by atoms with Crippen molar-refractivity contribution in [2.24, 2.45) is 0 Å². The molecule has 6 nitrogen and oxygen atoms in total. The van der Waals surface area contributed by atoms with Crippen LogP contribution in [-0.2, 0) is 11.2 Å². The summed E-state index contributed by atoms with van der Waals surface area (Å²) in [6.07, 6.45) is 0.971. The van der Waals surface area contributed by atoms with Crippen molar-refractivity contribution in [2.45, 2.75) is 47.5 Å². The number of benzene rings is 2. The first-order valence-corrected chi connectivity index (χ1v) is 11.3. The summed E-state index contributed by atoms with van der Waals surface area (Å²) in [7, 11) is 0. The van der Waals surface area contributed by atoms with Crippen molar-refractivity contribution in [1.82, 2.24) is 14.8 Å². The Kier molecular flexibility index (Phi) is 6.45. The number of carbonyl (C=O) groups is 1. The number of hydrogen-bond donors (Lipinski definition) is 1. The number of aryl methyl sites for hydroxylation is 4. The molecule has 2 heterocycles. The van der Waals surface area contributed by atoms with Crippen LogP contribution in [0.1, 0.15) is 41.4 Å². The van der Waals surface area contributed by atoms with Crippen molar-refractivity contribution in [3.8, 4) is 11.4 Å². The van der Waals surface area contributed by atoms with Gasteiger partial charge in [-0.15, -0.1) is 0 Å². The molecule has 2 aromatic heterocycles. The number of anilines is 1. The number of amides is 1. The summed E-state index contributed by atoms with van der Waals surface area (Å²) in [4.78, 5) is 17.6. The van der Waals surface area contributed by atoms with Gasteiger partial charge < -0.3 is 10.1 Å². The van der Waals surface area contributed by atoms with E-state index in [-0.39, 0.29) is 5.91 Å². The summed E-state index contributed by atoms with van der Waals surface area (Å²) >= 11 is 0. The highest BCUT2D eigenvalue weighted by Crippen LogP contribution is 2.29. The van der Waals surface area contributed by atoms with Crippen molar-refractivity contribution >= 4 is 22.6 Å². The van der Waals surface area contributed by atoms with E-state index in [0.717, 1.165) is 39.2 Å². The molecule has 2 aromatic carbocycles. The number of fused-ring (bicyclic) bond motifs is 1. The maximum atomic E-state index is 12.7. The van der Waals surface area contributed by atoms with Gasteiger partial charge in [-0.1, -0.05) is 29.8 Å². The van der Waals surface area contributed by atoms with Gasteiger partial charge in [-0.05, 0) is 76.4 Å². The van der Waals surface area contributed by atoms with Crippen LogP contribution in [-0.4, -0.2) is 27.3 Å². The lowest BCUT2D eigenvalue weighted by Gasteiger charge is -2.13. The zero-order valence-corrected chi connectivity index (χ0v) is 19.9. The molecule has 0 aliphatic heterocycles. The summed E-state index contributed by atoms with van der Waals surface area (Å²) in [6.45, 7) is 10.7. The van der Waals surface area contributed by atoms with E-state index in [9.17, 15) is 4.79 Å². The molecule has 4 rings (SSSR count). The number of aromatic nitrogens is 3. The average Bonchev–Trinajstić information content (AvgIpc) is 3.11. The highest BCUT2D eigenvalue weighted by atomic mass is 16.5. The molecule has 4 aromatic rings. The fourth-order valence-electron chi connectivity index (χ4n) is 4.24. The molecule has 0 aliphatic rings. The van der Waals surface area contributed by atoms with Crippen molar-refractivity contribution < 1.29 is 9.53 Å². The number of pyridine rings is 1. The molecule has 1 amide bonds. The normalized spacial score (nSPS) is 11.1. The molecule has 0 radical (unpaired) electrons. The Bertz CT molecular complexity index is 1310. The largest absolute Gasteiger partial charge is 0.492 e. The van der Waals surface area contributed by atoms with Crippen LogP contribution in [0.25, 0.3) is 16.7 Å². The van der Waals surface area contributed by atoms with Crippen LogP contribution in [0.3, 0.4) is 0 Å². The van der Waals surface area contributed by atoms with Gasteiger partial charge in [-0.2, -0.15) is 5.10 Å². The molecule has 0 fully saturated rings. The monoisotopic (exact) mass is 442 g/mol. The zero-order valence-electron chi connectivity index (χ0n) is 19.9. The van der Waals surface area contributed by atoms with Crippen LogP contribution >= 0.6 is 0 Å². The molecule has 0 bridgehead atoms. The molecule has 170 valence electrons. The van der Waals surface area contributed by atoms with Gasteiger partial charge in [0, 0.05) is 17.5 Å². The van der Waals surface area contributed by atoms with Crippen LogP contribution in [0.15, 0.2) is 48.5 Å². The third-order valence-electron chi connectivity index (χ3n) is 5.92. The molecule has 0 saturated carbocycles. The number of para-hydroxylation sites is 2. The number of hydrogen-bond acceptors (Lipinski definition) is 4. The number of carbonyl (C=O) groups excluding carboxylic acids is 1. The Labute approximate surface area is 194 Å². The van der Waals surface area contributed by atoms with Crippen LogP contribution < -0.4 is 10.1 Å². The Hall–Kier alpha value is -3.67. The minimum absolute atomic E-state index is 0.0480. The highest BCUT2D eigenvalue weighted by molar-refractivity contribution is 5.92. The topological polar surface area (TPSA) is 69.0 Å². The predicted octanol–water partition coefficient (Wildman–Crippen LogP) is 5.62. The summed E-state index contributed by atoms with van der Waals surface area (Å²) in [5, 5.41) is 8.81. The van der Waals surface area contributed by atoms with Gasteiger partial charge in [0.1, 0.15) is 5.75 Å². The quantitative estimate of drug-likeness (QED) is 0.403. The van der Waals surface area contributed by atoms with E-state index < -0.39 is 0 Å². The highest BCUT2D eigenvalue weighted by Gasteiger charge is 2.18. The van der Waals surface area contributed by atoms with E-state index in [0.29, 0.717) is 30.9 Å². The first-order chi connectivity index (χ1) is 15.9. The van der Waals surface area contributed by atoms with Gasteiger partial charge in [-0.25, -0.2) is 9.67 Å². The molecule has 33 heavy (non-hydrogen) atoms. The van der Waals surface area contributed by atoms with Gasteiger partial charge in [0.05, 0.1) is 23.7 Å². The molecule has 1 N–H and O–H groups in total. The summed E-state index contributed by atoms with van der Waals surface area (Å²) < 4.78 is 7.52. The van der Waals surface area contributed by atoms with Gasteiger partial charge in [0.2, 0.25) is 5.91 Å². The minimum atomic E-state index is -0.0480. The Morgan fingerprint density at radius 1 is 1.00 bits per heavy atom. The van der Waals surface area contributed by atoms with Gasteiger partial charge in [0.25, 0.3) is 0 Å². The molecule has 0 spiro atoms. The van der Waals surface area contributed by atoms with E-state index in [1.54, 1.807) is 0 Å². The third-order valence-corrected chi connectivity index (χ3v) is 5.92. The third kappa shape index (κ3) is 4.60. The van der Waals surface area contributed by atoms with Gasteiger partial charge in [0.15, 0.2) is 5.65 Å². The molecule has 0 saturated heterocycles. The van der Waals surface area contributed by atoms with Crippen LogP contribution in [0.5, 0.6) is 5.75 Å². The lowest BCUT2D eigenvalue weighted by atomic mass is 9.99. The van der Waals surface area contributed by atoms with Crippen molar-refractivity contribution in [3.63, 3.8) is 0 Å². The molecule has 0 atom stereocenters. The minimum Gasteiger partial charge on any atom is -0.492 e. The smallest absolute Gasteiger partial charge is 0.224 e. The van der Waals surface area contributed by atoms with E-state index >= 15 is 0 Å². The van der Waals surface area contributed by atoms with Crippen LogP contribution in [0.4, 0.5) is 5.69 Å². The lowest BCUT2D eigenvalue weighted by Crippen LogP contribution is -2.14. The second-order valence-corrected chi connectivity index (χ2v) is 8.31. The Morgan fingerprint density at radius 2 is 1.73 bits per heavy atom. The molecular formula is C27H30N4O2. The van der Waals surface area contributed by atoms with Crippen molar-refractivity contribution in [1.29, 1.82) is 0 Å². The van der Waals surface area contributed by atoms with Gasteiger partial charge >= 0.3 is 0 Å².